The highest BCUT2D eigenvalue weighted by Gasteiger charge is 2.66. The van der Waals surface area contributed by atoms with Crippen LogP contribution in [0.15, 0.2) is 11.1 Å². The predicted molar refractivity (Wildman–Crippen MR) is 160 cm³/mol. The molecule has 2 saturated carbocycles. The number of fused-ring (bicyclic) bond motifs is 3. The molecule has 3 aliphatic rings. The van der Waals surface area contributed by atoms with E-state index in [0.717, 1.165) is 38.5 Å². The molecule has 3 rings (SSSR count). The second-order valence-electron chi connectivity index (χ2n) is 15.6. The molecule has 0 amide bonds. The summed E-state index contributed by atoms with van der Waals surface area (Å²) in [5, 5.41) is 12.0. The van der Waals surface area contributed by atoms with Gasteiger partial charge in [0.2, 0.25) is 8.32 Å². The Hall–Kier alpha value is 0.0538. The van der Waals surface area contributed by atoms with Gasteiger partial charge in [-0.15, -0.1) is 0 Å². The molecule has 4 atom stereocenters. The maximum Gasteiger partial charge on any atom is 0.201 e. The summed E-state index contributed by atoms with van der Waals surface area (Å²) in [5.41, 5.74) is 3.44. The lowest BCUT2D eigenvalue weighted by Gasteiger charge is -2.66. The average molecular weight is 537 g/mol. The maximum absolute atomic E-state index is 12.0. The van der Waals surface area contributed by atoms with Crippen LogP contribution in [-0.4, -0.2) is 39.0 Å². The number of hydrogen-bond acceptors (Lipinski definition) is 3. The highest BCUT2D eigenvalue weighted by molar-refractivity contribution is 6.77. The quantitative estimate of drug-likeness (QED) is 0.260. The zero-order chi connectivity index (χ0) is 27.5. The topological polar surface area (TPSA) is 38.7 Å². The van der Waals surface area contributed by atoms with Crippen molar-refractivity contribution in [3.05, 3.63) is 11.1 Å². The minimum atomic E-state index is -2.17. The average Bonchev–Trinajstić information content (AvgIpc) is 2.69. The summed E-state index contributed by atoms with van der Waals surface area (Å²) in [6.07, 6.45) is 8.10. The molecule has 0 spiro atoms. The van der Waals surface area contributed by atoms with Gasteiger partial charge in [-0.2, -0.15) is 0 Å². The Labute approximate surface area is 226 Å². The lowest BCUT2D eigenvalue weighted by Crippen LogP contribution is -2.69. The molecule has 0 aliphatic heterocycles. The minimum absolute atomic E-state index is 0.0605. The van der Waals surface area contributed by atoms with Crippen LogP contribution in [0.5, 0.6) is 0 Å². The van der Waals surface area contributed by atoms with Crippen LogP contribution in [-0.2, 0) is 8.85 Å². The van der Waals surface area contributed by atoms with Gasteiger partial charge in [0.05, 0.1) is 17.3 Å². The van der Waals surface area contributed by atoms with Crippen LogP contribution >= 0.6 is 0 Å². The van der Waals surface area contributed by atoms with Gasteiger partial charge in [-0.1, -0.05) is 80.7 Å². The smallest absolute Gasteiger partial charge is 0.201 e. The zero-order valence-corrected chi connectivity index (χ0v) is 28.2. The fourth-order valence-corrected chi connectivity index (χ4v) is 16.8. The van der Waals surface area contributed by atoms with Gasteiger partial charge in [-0.3, -0.25) is 0 Å². The van der Waals surface area contributed by atoms with Gasteiger partial charge < -0.3 is 14.0 Å². The molecule has 5 heteroatoms. The lowest BCUT2D eigenvalue weighted by molar-refractivity contribution is -0.187. The molecular formula is C31H60O3Si2. The summed E-state index contributed by atoms with van der Waals surface area (Å²) in [4.78, 5) is 0. The fraction of sp³-hybridized carbons (Fsp3) is 0.935. The summed E-state index contributed by atoms with van der Waals surface area (Å²) in [5.74, 6) is 0. The SMILES string of the molecule is CC1=C2[C@@H](O)C[C@]3(C)CCCC[C@@]3(O[Si](C(C)C)(C(C)C)C(C)C)C[C@](O[Si](C)(C)C)(CC1)C2(C)C. The van der Waals surface area contributed by atoms with Crippen LogP contribution in [0.1, 0.15) is 121 Å². The molecule has 2 fully saturated rings. The molecule has 1 N–H and O–H groups in total. The molecule has 0 aromatic carbocycles. The van der Waals surface area contributed by atoms with Gasteiger partial charge >= 0.3 is 0 Å². The molecule has 0 saturated heterocycles. The number of hydrogen-bond donors (Lipinski definition) is 1. The van der Waals surface area contributed by atoms with E-state index in [1.807, 2.05) is 0 Å². The Morgan fingerprint density at radius 2 is 1.33 bits per heavy atom. The van der Waals surface area contributed by atoms with Crippen molar-refractivity contribution in [2.75, 3.05) is 0 Å². The van der Waals surface area contributed by atoms with Crippen LogP contribution < -0.4 is 0 Å². The van der Waals surface area contributed by atoms with Crippen LogP contribution in [0.3, 0.4) is 0 Å². The van der Waals surface area contributed by atoms with E-state index in [4.69, 9.17) is 8.85 Å². The van der Waals surface area contributed by atoms with Gasteiger partial charge in [0.15, 0.2) is 8.32 Å². The molecule has 2 bridgehead atoms. The summed E-state index contributed by atoms with van der Waals surface area (Å²) in [6, 6.07) is 0. The second kappa shape index (κ2) is 9.91. The maximum atomic E-state index is 12.0. The van der Waals surface area contributed by atoms with Crippen molar-refractivity contribution in [3.8, 4) is 0 Å². The Balaban J connectivity index is 2.33. The normalized spacial score (nSPS) is 35.8. The van der Waals surface area contributed by atoms with E-state index in [1.54, 1.807) is 0 Å². The molecule has 0 aromatic rings. The molecule has 0 radical (unpaired) electrons. The van der Waals surface area contributed by atoms with Crippen molar-refractivity contribution in [2.45, 2.75) is 174 Å². The Bertz CT molecular complexity index is 817. The van der Waals surface area contributed by atoms with E-state index >= 15 is 0 Å². The first-order valence-corrected chi connectivity index (χ1v) is 20.6. The van der Waals surface area contributed by atoms with Crippen molar-refractivity contribution in [2.24, 2.45) is 10.8 Å². The van der Waals surface area contributed by atoms with Crippen LogP contribution in [0.25, 0.3) is 0 Å². The summed E-state index contributed by atoms with van der Waals surface area (Å²) in [6.45, 7) is 31.1. The van der Waals surface area contributed by atoms with Gasteiger partial charge in [-0.25, -0.2) is 0 Å². The highest BCUT2D eigenvalue weighted by atomic mass is 28.4. The van der Waals surface area contributed by atoms with E-state index in [-0.39, 0.29) is 22.0 Å². The van der Waals surface area contributed by atoms with Gasteiger partial charge in [0.1, 0.15) is 0 Å². The molecule has 210 valence electrons. The predicted octanol–water partition coefficient (Wildman–Crippen LogP) is 9.38. The van der Waals surface area contributed by atoms with Gasteiger partial charge in [0, 0.05) is 11.8 Å². The standard InChI is InChI=1S/C31H60O3Si2/c1-22(2)36(23(3)4,24(5)6)34-31-18-15-14-17-29(31,10)20-26(32)27-25(7)16-19-30(21-31,28(27,8)9)33-35(11,12)13/h22-24,26,32H,14-21H2,1-13H3/t26-,29-,30+,31+/m0/s1. The second-order valence-corrected chi connectivity index (χ2v) is 25.4. The Kier molecular flexibility index (Phi) is 8.42. The van der Waals surface area contributed by atoms with Crippen molar-refractivity contribution in [1.82, 2.24) is 0 Å². The molecule has 36 heavy (non-hydrogen) atoms. The lowest BCUT2D eigenvalue weighted by atomic mass is 9.49. The third-order valence-electron chi connectivity index (χ3n) is 11.0. The number of rotatable bonds is 7. The molecule has 0 unspecified atom stereocenters. The summed E-state index contributed by atoms with van der Waals surface area (Å²) < 4.78 is 15.5. The minimum Gasteiger partial charge on any atom is -0.411 e. The first-order valence-electron chi connectivity index (χ1n) is 15.1. The third-order valence-corrected chi connectivity index (χ3v) is 18.1. The summed E-state index contributed by atoms with van der Waals surface area (Å²) in [7, 11) is -4.06. The monoisotopic (exact) mass is 536 g/mol. The highest BCUT2D eigenvalue weighted by Crippen LogP contribution is 2.65. The Morgan fingerprint density at radius 3 is 1.83 bits per heavy atom. The number of aliphatic hydroxyl groups is 1. The van der Waals surface area contributed by atoms with E-state index in [9.17, 15) is 5.11 Å². The van der Waals surface area contributed by atoms with Crippen LogP contribution in [0, 0.1) is 10.8 Å². The van der Waals surface area contributed by atoms with Crippen molar-refractivity contribution in [3.63, 3.8) is 0 Å². The third kappa shape index (κ3) is 4.80. The summed E-state index contributed by atoms with van der Waals surface area (Å²) >= 11 is 0. The number of aliphatic hydroxyl groups excluding tert-OH is 1. The molecule has 0 heterocycles. The van der Waals surface area contributed by atoms with Crippen molar-refractivity contribution < 1.29 is 14.0 Å². The van der Waals surface area contributed by atoms with E-state index in [0.29, 0.717) is 16.6 Å². The van der Waals surface area contributed by atoms with Crippen LogP contribution in [0.4, 0.5) is 0 Å². The zero-order valence-electron chi connectivity index (χ0n) is 26.2. The Morgan fingerprint density at radius 1 is 0.806 bits per heavy atom. The van der Waals surface area contributed by atoms with Crippen molar-refractivity contribution in [1.29, 1.82) is 0 Å². The van der Waals surface area contributed by atoms with E-state index < -0.39 is 22.7 Å². The number of allylic oxidation sites excluding steroid dienone is 1. The van der Waals surface area contributed by atoms with Crippen molar-refractivity contribution >= 4 is 16.6 Å². The van der Waals surface area contributed by atoms with Gasteiger partial charge in [-0.05, 0) is 86.3 Å². The molecule has 3 nitrogen and oxygen atoms in total. The first-order chi connectivity index (χ1) is 16.3. The molecular weight excluding hydrogens is 477 g/mol. The first kappa shape index (κ1) is 30.6. The van der Waals surface area contributed by atoms with E-state index in [2.05, 4.69) is 88.9 Å². The largest absolute Gasteiger partial charge is 0.411 e. The van der Waals surface area contributed by atoms with Gasteiger partial charge in [0.25, 0.3) is 0 Å². The molecule has 0 aromatic heterocycles. The van der Waals surface area contributed by atoms with Crippen LogP contribution in [0.2, 0.25) is 36.3 Å². The molecule has 3 aliphatic carbocycles. The fourth-order valence-electron chi connectivity index (χ4n) is 9.36. The van der Waals surface area contributed by atoms with E-state index in [1.165, 1.54) is 24.0 Å².